The summed E-state index contributed by atoms with van der Waals surface area (Å²) in [5, 5.41) is 27.4. The Bertz CT molecular complexity index is 1030. The minimum Gasteiger partial charge on any atom is -0.365 e. The Morgan fingerprint density at radius 1 is 1.28 bits per heavy atom. The predicted octanol–water partition coefficient (Wildman–Crippen LogP) is 2.83. The van der Waals surface area contributed by atoms with Gasteiger partial charge in [-0.3, -0.25) is 10.00 Å². The van der Waals surface area contributed by atoms with Crippen LogP contribution < -0.4 is 10.6 Å². The quantitative estimate of drug-likeness (QED) is 0.593. The van der Waals surface area contributed by atoms with Crippen molar-refractivity contribution in [1.29, 1.82) is 5.26 Å². The number of nitrogens with zero attached hydrogens (tertiary/aromatic N) is 6. The molecule has 0 spiro atoms. The van der Waals surface area contributed by atoms with Crippen molar-refractivity contribution in [2.24, 2.45) is 0 Å². The molecule has 2 bridgehead atoms. The van der Waals surface area contributed by atoms with Gasteiger partial charge in [0.1, 0.15) is 5.52 Å². The standard InChI is InChI=1S/C20H25N9/c1-13-9-18(27-26-13)24-19-12-29-17(5-7-22-29)20(25-19)23-14-10-15-3-4-16(11-14)28(15)8-2-6-21/h5,7,9,12,14-16H,2-4,8,10-11H2,1H3,(H,23,25)(H2,24,26,27)/t14-,15-,16?/m0/s1. The lowest BCUT2D eigenvalue weighted by Crippen LogP contribution is -2.47. The average molecular weight is 391 g/mol. The molecule has 3 atom stereocenters. The zero-order valence-corrected chi connectivity index (χ0v) is 16.5. The van der Waals surface area contributed by atoms with Crippen molar-refractivity contribution in [1.82, 2.24) is 29.7 Å². The number of rotatable bonds is 6. The zero-order chi connectivity index (χ0) is 19.8. The third-order valence-corrected chi connectivity index (χ3v) is 6.06. The van der Waals surface area contributed by atoms with Crippen molar-refractivity contribution in [2.45, 2.75) is 57.2 Å². The summed E-state index contributed by atoms with van der Waals surface area (Å²) in [7, 11) is 0. The fraction of sp³-hybridized carbons (Fsp3) is 0.500. The van der Waals surface area contributed by atoms with Gasteiger partial charge < -0.3 is 10.6 Å². The topological polar surface area (TPSA) is 110 Å². The van der Waals surface area contributed by atoms with Crippen LogP contribution in [0.25, 0.3) is 5.52 Å². The largest absolute Gasteiger partial charge is 0.365 e. The number of nitrogens with one attached hydrogen (secondary N) is 3. The number of aromatic amines is 1. The Morgan fingerprint density at radius 3 is 2.83 bits per heavy atom. The smallest absolute Gasteiger partial charge is 0.154 e. The molecule has 3 aromatic heterocycles. The van der Waals surface area contributed by atoms with E-state index in [1.807, 2.05) is 29.8 Å². The summed E-state index contributed by atoms with van der Waals surface area (Å²) in [5.41, 5.74) is 1.96. The van der Waals surface area contributed by atoms with Crippen LogP contribution >= 0.6 is 0 Å². The first-order valence-electron chi connectivity index (χ1n) is 10.2. The van der Waals surface area contributed by atoms with Crippen molar-refractivity contribution in [2.75, 3.05) is 17.2 Å². The van der Waals surface area contributed by atoms with Crippen molar-refractivity contribution < 1.29 is 0 Å². The second-order valence-corrected chi connectivity index (χ2v) is 8.04. The summed E-state index contributed by atoms with van der Waals surface area (Å²) in [6.45, 7) is 2.86. The second kappa shape index (κ2) is 7.37. The summed E-state index contributed by atoms with van der Waals surface area (Å²) in [6, 6.07) is 7.71. The number of aryl methyl sites for hydroxylation is 1. The van der Waals surface area contributed by atoms with Crippen LogP contribution in [0.5, 0.6) is 0 Å². The lowest BCUT2D eigenvalue weighted by molar-refractivity contribution is 0.136. The van der Waals surface area contributed by atoms with Gasteiger partial charge in [-0.1, -0.05) is 0 Å². The highest BCUT2D eigenvalue weighted by Gasteiger charge is 2.40. The van der Waals surface area contributed by atoms with Gasteiger partial charge in [0.05, 0.1) is 18.5 Å². The molecule has 0 saturated carbocycles. The molecule has 2 aliphatic rings. The van der Waals surface area contributed by atoms with E-state index in [9.17, 15) is 0 Å². The van der Waals surface area contributed by atoms with Crippen LogP contribution in [-0.2, 0) is 0 Å². The lowest BCUT2D eigenvalue weighted by atomic mass is 9.97. The van der Waals surface area contributed by atoms with E-state index >= 15 is 0 Å². The van der Waals surface area contributed by atoms with E-state index in [1.54, 1.807) is 6.20 Å². The highest BCUT2D eigenvalue weighted by molar-refractivity contribution is 5.70. The van der Waals surface area contributed by atoms with Gasteiger partial charge in [0.2, 0.25) is 0 Å². The lowest BCUT2D eigenvalue weighted by Gasteiger charge is -2.39. The number of H-pyrrole nitrogens is 1. The van der Waals surface area contributed by atoms with Crippen LogP contribution in [0.4, 0.5) is 17.5 Å². The van der Waals surface area contributed by atoms with E-state index in [0.717, 1.165) is 42.2 Å². The maximum absolute atomic E-state index is 8.93. The molecule has 2 saturated heterocycles. The number of fused-ring (bicyclic) bond motifs is 3. The van der Waals surface area contributed by atoms with Crippen LogP contribution in [0.2, 0.25) is 0 Å². The molecule has 150 valence electrons. The molecule has 0 aliphatic carbocycles. The molecule has 0 amide bonds. The van der Waals surface area contributed by atoms with Crippen LogP contribution in [0, 0.1) is 18.3 Å². The van der Waals surface area contributed by atoms with E-state index in [1.165, 1.54) is 12.8 Å². The highest BCUT2D eigenvalue weighted by atomic mass is 15.3. The molecule has 2 aliphatic heterocycles. The number of aromatic nitrogens is 5. The first-order valence-corrected chi connectivity index (χ1v) is 10.2. The molecule has 5 heterocycles. The SMILES string of the molecule is Cc1cc(Nc2cn3nccc3c(N[C@@H]3CC4CC[C@@H](C3)N4CCC#N)n2)n[nH]1. The Hall–Kier alpha value is -3.12. The maximum atomic E-state index is 8.93. The molecule has 5 rings (SSSR count). The van der Waals surface area contributed by atoms with E-state index < -0.39 is 0 Å². The molecule has 0 radical (unpaired) electrons. The molecule has 3 aromatic rings. The Morgan fingerprint density at radius 2 is 2.10 bits per heavy atom. The fourth-order valence-electron chi connectivity index (χ4n) is 4.84. The first kappa shape index (κ1) is 17.9. The second-order valence-electron chi connectivity index (χ2n) is 8.04. The van der Waals surface area contributed by atoms with Crippen LogP contribution in [-0.4, -0.2) is 54.4 Å². The summed E-state index contributed by atoms with van der Waals surface area (Å²) in [4.78, 5) is 7.36. The zero-order valence-electron chi connectivity index (χ0n) is 16.5. The van der Waals surface area contributed by atoms with Gasteiger partial charge >= 0.3 is 0 Å². The fourth-order valence-corrected chi connectivity index (χ4v) is 4.84. The van der Waals surface area contributed by atoms with Gasteiger partial charge in [-0.15, -0.1) is 0 Å². The highest BCUT2D eigenvalue weighted by Crippen LogP contribution is 2.37. The number of nitriles is 1. The van der Waals surface area contributed by atoms with Crippen molar-refractivity contribution in [3.63, 3.8) is 0 Å². The normalized spacial score (nSPS) is 23.9. The molecule has 9 heteroatoms. The molecular formula is C20H25N9. The van der Waals surface area contributed by atoms with Crippen LogP contribution in [0.15, 0.2) is 24.5 Å². The van der Waals surface area contributed by atoms with Gasteiger partial charge in [0.15, 0.2) is 17.5 Å². The van der Waals surface area contributed by atoms with Gasteiger partial charge in [-0.2, -0.15) is 15.5 Å². The van der Waals surface area contributed by atoms with Gasteiger partial charge in [-0.25, -0.2) is 9.50 Å². The Balaban J connectivity index is 1.35. The van der Waals surface area contributed by atoms with Crippen LogP contribution in [0.3, 0.4) is 0 Å². The number of hydrogen-bond donors (Lipinski definition) is 3. The first-order chi connectivity index (χ1) is 14.2. The van der Waals surface area contributed by atoms with E-state index in [2.05, 4.69) is 36.9 Å². The van der Waals surface area contributed by atoms with Crippen molar-refractivity contribution in [3.05, 3.63) is 30.2 Å². The van der Waals surface area contributed by atoms with Crippen LogP contribution in [0.1, 0.15) is 37.8 Å². The minimum absolute atomic E-state index is 0.375. The molecule has 3 N–H and O–H groups in total. The molecular weight excluding hydrogens is 366 g/mol. The predicted molar refractivity (Wildman–Crippen MR) is 110 cm³/mol. The maximum Gasteiger partial charge on any atom is 0.154 e. The summed E-state index contributed by atoms with van der Waals surface area (Å²) >= 11 is 0. The Labute approximate surface area is 169 Å². The minimum atomic E-state index is 0.375. The number of hydrogen-bond acceptors (Lipinski definition) is 7. The molecule has 9 nitrogen and oxygen atoms in total. The third kappa shape index (κ3) is 3.51. The van der Waals surface area contributed by atoms with Crippen molar-refractivity contribution >= 4 is 23.0 Å². The van der Waals surface area contributed by atoms with E-state index in [-0.39, 0.29) is 0 Å². The van der Waals surface area contributed by atoms with E-state index in [0.29, 0.717) is 30.4 Å². The van der Waals surface area contributed by atoms with Gasteiger partial charge in [-0.05, 0) is 38.7 Å². The molecule has 1 unspecified atom stereocenters. The summed E-state index contributed by atoms with van der Waals surface area (Å²) in [6.07, 6.45) is 8.90. The Kier molecular flexibility index (Phi) is 4.56. The van der Waals surface area contributed by atoms with Crippen molar-refractivity contribution in [3.8, 4) is 6.07 Å². The summed E-state index contributed by atoms with van der Waals surface area (Å²) in [5.74, 6) is 2.27. The van der Waals surface area contributed by atoms with E-state index in [4.69, 9.17) is 10.2 Å². The monoisotopic (exact) mass is 391 g/mol. The van der Waals surface area contributed by atoms with Gasteiger partial charge in [0.25, 0.3) is 0 Å². The molecule has 29 heavy (non-hydrogen) atoms. The number of piperidine rings is 1. The van der Waals surface area contributed by atoms with Gasteiger partial charge in [0, 0.05) is 42.9 Å². The number of anilines is 3. The third-order valence-electron chi connectivity index (χ3n) is 6.06. The summed E-state index contributed by atoms with van der Waals surface area (Å²) < 4.78 is 1.84. The molecule has 0 aromatic carbocycles. The molecule has 2 fully saturated rings. The average Bonchev–Trinajstić information content (AvgIpc) is 3.39.